The SMILES string of the molecule is CCNC(c1cnn(C)c1)C(C)CC. The van der Waals surface area contributed by atoms with Gasteiger partial charge in [0.05, 0.1) is 6.20 Å². The van der Waals surface area contributed by atoms with Gasteiger partial charge in [-0.05, 0) is 12.5 Å². The molecule has 1 heterocycles. The van der Waals surface area contributed by atoms with Gasteiger partial charge >= 0.3 is 0 Å². The first kappa shape index (κ1) is 11.2. The van der Waals surface area contributed by atoms with Crippen LogP contribution in [0.25, 0.3) is 0 Å². The van der Waals surface area contributed by atoms with Crippen molar-refractivity contribution in [1.29, 1.82) is 0 Å². The van der Waals surface area contributed by atoms with E-state index < -0.39 is 0 Å². The minimum Gasteiger partial charge on any atom is -0.310 e. The Balaban J connectivity index is 2.76. The highest BCUT2D eigenvalue weighted by atomic mass is 15.2. The van der Waals surface area contributed by atoms with Crippen molar-refractivity contribution >= 4 is 0 Å². The zero-order valence-corrected chi connectivity index (χ0v) is 9.62. The topological polar surface area (TPSA) is 29.9 Å². The van der Waals surface area contributed by atoms with Gasteiger partial charge in [0.1, 0.15) is 0 Å². The van der Waals surface area contributed by atoms with Crippen LogP contribution in [0.15, 0.2) is 12.4 Å². The molecule has 0 bridgehead atoms. The summed E-state index contributed by atoms with van der Waals surface area (Å²) in [7, 11) is 1.96. The predicted octanol–water partition coefficient (Wildman–Crippen LogP) is 2.12. The van der Waals surface area contributed by atoms with E-state index in [-0.39, 0.29) is 0 Å². The number of aryl methyl sites for hydroxylation is 1. The molecule has 0 amide bonds. The van der Waals surface area contributed by atoms with Crippen molar-refractivity contribution in [3.8, 4) is 0 Å². The summed E-state index contributed by atoms with van der Waals surface area (Å²) in [6.07, 6.45) is 5.24. The van der Waals surface area contributed by atoms with Crippen molar-refractivity contribution in [2.75, 3.05) is 6.54 Å². The molecule has 2 unspecified atom stereocenters. The Labute approximate surface area is 86.5 Å². The summed E-state index contributed by atoms with van der Waals surface area (Å²) in [5.41, 5.74) is 1.30. The highest BCUT2D eigenvalue weighted by Gasteiger charge is 2.17. The summed E-state index contributed by atoms with van der Waals surface area (Å²) >= 11 is 0. The van der Waals surface area contributed by atoms with E-state index in [4.69, 9.17) is 0 Å². The quantitative estimate of drug-likeness (QED) is 0.780. The molecule has 0 aliphatic heterocycles. The first-order valence-electron chi connectivity index (χ1n) is 5.41. The molecule has 0 aliphatic carbocycles. The van der Waals surface area contributed by atoms with Gasteiger partial charge in [0.2, 0.25) is 0 Å². The van der Waals surface area contributed by atoms with E-state index in [1.807, 2.05) is 17.9 Å². The number of hydrogen-bond donors (Lipinski definition) is 1. The van der Waals surface area contributed by atoms with Gasteiger partial charge in [0, 0.05) is 24.8 Å². The number of hydrogen-bond acceptors (Lipinski definition) is 2. The number of nitrogens with one attached hydrogen (secondary N) is 1. The van der Waals surface area contributed by atoms with Crippen LogP contribution in [0.1, 0.15) is 38.8 Å². The molecule has 3 heteroatoms. The fraction of sp³-hybridized carbons (Fsp3) is 0.727. The molecule has 80 valence electrons. The average molecular weight is 195 g/mol. The third kappa shape index (κ3) is 2.58. The molecule has 2 atom stereocenters. The Morgan fingerprint density at radius 1 is 1.50 bits per heavy atom. The van der Waals surface area contributed by atoms with Crippen LogP contribution in [0.5, 0.6) is 0 Å². The van der Waals surface area contributed by atoms with Crippen molar-refractivity contribution in [2.45, 2.75) is 33.2 Å². The largest absolute Gasteiger partial charge is 0.310 e. The van der Waals surface area contributed by atoms with Crippen LogP contribution in [0, 0.1) is 5.92 Å². The van der Waals surface area contributed by atoms with E-state index in [0.29, 0.717) is 12.0 Å². The van der Waals surface area contributed by atoms with Gasteiger partial charge in [0.15, 0.2) is 0 Å². The summed E-state index contributed by atoms with van der Waals surface area (Å²) < 4.78 is 1.86. The van der Waals surface area contributed by atoms with E-state index in [0.717, 1.165) is 6.54 Å². The molecule has 1 N–H and O–H groups in total. The van der Waals surface area contributed by atoms with Gasteiger partial charge in [-0.3, -0.25) is 4.68 Å². The summed E-state index contributed by atoms with van der Waals surface area (Å²) in [5.74, 6) is 0.652. The van der Waals surface area contributed by atoms with Crippen LogP contribution in [0.3, 0.4) is 0 Å². The summed E-state index contributed by atoms with van der Waals surface area (Å²) in [5, 5.41) is 7.72. The van der Waals surface area contributed by atoms with Crippen LogP contribution in [0.4, 0.5) is 0 Å². The molecule has 1 aromatic heterocycles. The molecule has 0 spiro atoms. The van der Waals surface area contributed by atoms with E-state index in [9.17, 15) is 0 Å². The lowest BCUT2D eigenvalue weighted by Gasteiger charge is -2.22. The van der Waals surface area contributed by atoms with E-state index in [1.54, 1.807) is 0 Å². The molecule has 0 saturated heterocycles. The Morgan fingerprint density at radius 2 is 2.21 bits per heavy atom. The van der Waals surface area contributed by atoms with E-state index in [2.05, 4.69) is 37.4 Å². The van der Waals surface area contributed by atoms with Gasteiger partial charge in [-0.1, -0.05) is 27.2 Å². The fourth-order valence-corrected chi connectivity index (χ4v) is 1.70. The monoisotopic (exact) mass is 195 g/mol. The average Bonchev–Trinajstić information content (AvgIpc) is 2.60. The standard InChI is InChI=1S/C11H21N3/c1-5-9(3)11(12-6-2)10-7-13-14(4)8-10/h7-9,11-12H,5-6H2,1-4H3. The van der Waals surface area contributed by atoms with Crippen molar-refractivity contribution in [2.24, 2.45) is 13.0 Å². The van der Waals surface area contributed by atoms with Crippen molar-refractivity contribution in [1.82, 2.24) is 15.1 Å². The van der Waals surface area contributed by atoms with Crippen molar-refractivity contribution in [3.63, 3.8) is 0 Å². The molecule has 0 radical (unpaired) electrons. The van der Waals surface area contributed by atoms with Gasteiger partial charge < -0.3 is 5.32 Å². The van der Waals surface area contributed by atoms with Gasteiger partial charge in [0.25, 0.3) is 0 Å². The van der Waals surface area contributed by atoms with Crippen LogP contribution in [-0.4, -0.2) is 16.3 Å². The lowest BCUT2D eigenvalue weighted by atomic mass is 9.94. The van der Waals surface area contributed by atoms with Crippen molar-refractivity contribution < 1.29 is 0 Å². The maximum absolute atomic E-state index is 4.21. The summed E-state index contributed by atoms with van der Waals surface area (Å²) in [4.78, 5) is 0. The Morgan fingerprint density at radius 3 is 2.64 bits per heavy atom. The Hall–Kier alpha value is -0.830. The molecule has 0 aromatic carbocycles. The molecule has 1 rings (SSSR count). The molecular formula is C11H21N3. The number of nitrogens with zero attached hydrogens (tertiary/aromatic N) is 2. The van der Waals surface area contributed by atoms with Gasteiger partial charge in [-0.25, -0.2) is 0 Å². The minimum absolute atomic E-state index is 0.443. The Kier molecular flexibility index (Phi) is 4.14. The minimum atomic E-state index is 0.443. The zero-order chi connectivity index (χ0) is 10.6. The van der Waals surface area contributed by atoms with Crippen LogP contribution < -0.4 is 5.32 Å². The van der Waals surface area contributed by atoms with Crippen LogP contribution >= 0.6 is 0 Å². The lowest BCUT2D eigenvalue weighted by molar-refractivity contribution is 0.383. The fourth-order valence-electron chi connectivity index (χ4n) is 1.70. The third-order valence-electron chi connectivity index (χ3n) is 2.72. The first-order chi connectivity index (χ1) is 6.69. The maximum Gasteiger partial charge on any atom is 0.0537 e. The first-order valence-corrected chi connectivity index (χ1v) is 5.41. The second-order valence-electron chi connectivity index (χ2n) is 3.87. The van der Waals surface area contributed by atoms with Crippen LogP contribution in [-0.2, 0) is 7.05 Å². The third-order valence-corrected chi connectivity index (χ3v) is 2.72. The molecule has 0 fully saturated rings. The zero-order valence-electron chi connectivity index (χ0n) is 9.62. The normalized spacial score (nSPS) is 15.4. The lowest BCUT2D eigenvalue weighted by Crippen LogP contribution is -2.26. The second kappa shape index (κ2) is 5.15. The summed E-state index contributed by atoms with van der Waals surface area (Å²) in [6.45, 7) is 7.65. The smallest absolute Gasteiger partial charge is 0.0537 e. The number of rotatable bonds is 5. The van der Waals surface area contributed by atoms with E-state index in [1.165, 1.54) is 12.0 Å². The molecule has 0 aliphatic rings. The van der Waals surface area contributed by atoms with Gasteiger partial charge in [-0.2, -0.15) is 5.10 Å². The molecule has 3 nitrogen and oxygen atoms in total. The molecule has 0 saturated carbocycles. The molecular weight excluding hydrogens is 174 g/mol. The van der Waals surface area contributed by atoms with Crippen LogP contribution in [0.2, 0.25) is 0 Å². The highest BCUT2D eigenvalue weighted by Crippen LogP contribution is 2.23. The maximum atomic E-state index is 4.21. The Bertz CT molecular complexity index is 267. The summed E-state index contributed by atoms with van der Waals surface area (Å²) in [6, 6.07) is 0.443. The van der Waals surface area contributed by atoms with E-state index >= 15 is 0 Å². The second-order valence-corrected chi connectivity index (χ2v) is 3.87. The van der Waals surface area contributed by atoms with Crippen molar-refractivity contribution in [3.05, 3.63) is 18.0 Å². The predicted molar refractivity (Wildman–Crippen MR) is 59.1 cm³/mol. The highest BCUT2D eigenvalue weighted by molar-refractivity contribution is 5.11. The molecule has 14 heavy (non-hydrogen) atoms. The molecule has 1 aromatic rings. The van der Waals surface area contributed by atoms with Gasteiger partial charge in [-0.15, -0.1) is 0 Å². The number of aromatic nitrogens is 2.